The SMILES string of the molecule is FC(F)(F)Oc1cccc2sc3c(c12)CCNCC3. The molecule has 2 heterocycles. The van der Waals surface area contributed by atoms with Gasteiger partial charge in [-0.15, -0.1) is 24.5 Å². The number of nitrogens with one attached hydrogen (secondary N) is 1. The Bertz CT molecular complexity index is 606. The maximum Gasteiger partial charge on any atom is 0.573 e. The summed E-state index contributed by atoms with van der Waals surface area (Å²) in [4.78, 5) is 1.17. The molecule has 0 unspecified atom stereocenters. The largest absolute Gasteiger partial charge is 0.573 e. The topological polar surface area (TPSA) is 21.3 Å². The van der Waals surface area contributed by atoms with Crippen LogP contribution in [0.5, 0.6) is 5.75 Å². The van der Waals surface area contributed by atoms with E-state index in [1.165, 1.54) is 10.9 Å². The molecule has 6 heteroatoms. The quantitative estimate of drug-likeness (QED) is 0.867. The van der Waals surface area contributed by atoms with Crippen molar-refractivity contribution in [2.75, 3.05) is 13.1 Å². The van der Waals surface area contributed by atoms with Gasteiger partial charge in [0.15, 0.2) is 0 Å². The molecule has 19 heavy (non-hydrogen) atoms. The van der Waals surface area contributed by atoms with Gasteiger partial charge in [0.25, 0.3) is 0 Å². The van der Waals surface area contributed by atoms with Crippen molar-refractivity contribution in [3.8, 4) is 5.75 Å². The molecule has 1 aliphatic rings. The Morgan fingerprint density at radius 1 is 1.16 bits per heavy atom. The number of benzene rings is 1. The van der Waals surface area contributed by atoms with Crippen molar-refractivity contribution < 1.29 is 17.9 Å². The zero-order valence-corrected chi connectivity index (χ0v) is 10.8. The Morgan fingerprint density at radius 2 is 1.95 bits per heavy atom. The molecule has 0 atom stereocenters. The fourth-order valence-electron chi connectivity index (χ4n) is 2.44. The Kier molecular flexibility index (Phi) is 3.14. The number of hydrogen-bond donors (Lipinski definition) is 1. The van der Waals surface area contributed by atoms with E-state index in [2.05, 4.69) is 10.1 Å². The number of rotatable bonds is 1. The summed E-state index contributed by atoms with van der Waals surface area (Å²) in [5, 5.41) is 3.88. The molecule has 1 aromatic heterocycles. The Hall–Kier alpha value is -1.27. The second-order valence-corrected chi connectivity index (χ2v) is 5.57. The van der Waals surface area contributed by atoms with Crippen LogP contribution in [0.15, 0.2) is 18.2 Å². The number of thiophene rings is 1. The molecule has 102 valence electrons. The van der Waals surface area contributed by atoms with E-state index in [1.54, 1.807) is 17.4 Å². The van der Waals surface area contributed by atoms with Crippen LogP contribution in [0.3, 0.4) is 0 Å². The first kappa shape index (κ1) is 12.7. The van der Waals surface area contributed by atoms with Gasteiger partial charge in [0.1, 0.15) is 5.75 Å². The Balaban J connectivity index is 2.15. The third-order valence-corrected chi connectivity index (χ3v) is 4.42. The normalized spacial score (nSPS) is 16.2. The molecule has 0 saturated heterocycles. The Labute approximate surface area is 112 Å². The summed E-state index contributed by atoms with van der Waals surface area (Å²) in [5.74, 6) is -0.0793. The van der Waals surface area contributed by atoms with Crippen LogP contribution in [-0.2, 0) is 12.8 Å². The van der Waals surface area contributed by atoms with Crippen molar-refractivity contribution in [2.24, 2.45) is 0 Å². The summed E-state index contributed by atoms with van der Waals surface area (Å²) in [6, 6.07) is 4.85. The van der Waals surface area contributed by atoms with Crippen molar-refractivity contribution in [1.29, 1.82) is 0 Å². The fraction of sp³-hybridized carbons (Fsp3) is 0.385. The molecule has 2 aromatic rings. The third kappa shape index (κ3) is 2.55. The second-order valence-electron chi connectivity index (χ2n) is 4.43. The highest BCUT2D eigenvalue weighted by molar-refractivity contribution is 7.19. The molecule has 1 N–H and O–H groups in total. The maximum absolute atomic E-state index is 12.5. The third-order valence-electron chi connectivity index (χ3n) is 3.17. The van der Waals surface area contributed by atoms with Gasteiger partial charge in [0.05, 0.1) is 0 Å². The number of fused-ring (bicyclic) bond motifs is 3. The molecule has 1 aliphatic heterocycles. The zero-order valence-electron chi connectivity index (χ0n) is 10.0. The summed E-state index contributed by atoms with van der Waals surface area (Å²) in [5.41, 5.74) is 1.00. The standard InChI is InChI=1S/C13H12F3NOS/c14-13(15,16)18-9-2-1-3-11-12(9)8-4-6-17-7-5-10(8)19-11/h1-3,17H,4-7H2. The molecule has 0 spiro atoms. The van der Waals surface area contributed by atoms with Crippen LogP contribution in [0.25, 0.3) is 10.1 Å². The first-order valence-corrected chi connectivity index (χ1v) is 6.86. The van der Waals surface area contributed by atoms with Crippen molar-refractivity contribution in [2.45, 2.75) is 19.2 Å². The summed E-state index contributed by atoms with van der Waals surface area (Å²) in [6.45, 7) is 1.66. The monoisotopic (exact) mass is 287 g/mol. The van der Waals surface area contributed by atoms with Crippen LogP contribution >= 0.6 is 11.3 Å². The van der Waals surface area contributed by atoms with Gasteiger partial charge in [0, 0.05) is 15.0 Å². The van der Waals surface area contributed by atoms with Crippen molar-refractivity contribution >= 4 is 21.4 Å². The van der Waals surface area contributed by atoms with Crippen LogP contribution < -0.4 is 10.1 Å². The van der Waals surface area contributed by atoms with E-state index in [0.29, 0.717) is 5.39 Å². The van der Waals surface area contributed by atoms with Crippen LogP contribution in [-0.4, -0.2) is 19.5 Å². The number of halogens is 3. The van der Waals surface area contributed by atoms with E-state index >= 15 is 0 Å². The second kappa shape index (κ2) is 4.68. The smallest absolute Gasteiger partial charge is 0.405 e. The van der Waals surface area contributed by atoms with Gasteiger partial charge in [-0.05, 0) is 43.6 Å². The number of alkyl halides is 3. The molecule has 0 amide bonds. The molecule has 3 rings (SSSR count). The number of ether oxygens (including phenoxy) is 1. The van der Waals surface area contributed by atoms with Gasteiger partial charge in [-0.3, -0.25) is 0 Å². The van der Waals surface area contributed by atoms with Gasteiger partial charge in [-0.1, -0.05) is 6.07 Å². The molecular formula is C13H12F3NOS. The van der Waals surface area contributed by atoms with E-state index in [4.69, 9.17) is 0 Å². The highest BCUT2D eigenvalue weighted by Gasteiger charge is 2.32. The average Bonchev–Trinajstić information content (AvgIpc) is 2.51. The lowest BCUT2D eigenvalue weighted by molar-refractivity contribution is -0.274. The van der Waals surface area contributed by atoms with Crippen molar-refractivity contribution in [1.82, 2.24) is 5.32 Å². The first-order valence-electron chi connectivity index (χ1n) is 6.04. The molecule has 0 saturated carbocycles. The molecule has 2 nitrogen and oxygen atoms in total. The van der Waals surface area contributed by atoms with Gasteiger partial charge >= 0.3 is 6.36 Å². The number of hydrogen-bond acceptors (Lipinski definition) is 3. The molecule has 1 aromatic carbocycles. The van der Waals surface area contributed by atoms with Gasteiger partial charge in [-0.25, -0.2) is 0 Å². The molecular weight excluding hydrogens is 275 g/mol. The van der Waals surface area contributed by atoms with Crippen LogP contribution in [0.4, 0.5) is 13.2 Å². The first-order chi connectivity index (χ1) is 9.04. The van der Waals surface area contributed by atoms with E-state index < -0.39 is 6.36 Å². The lowest BCUT2D eigenvalue weighted by atomic mass is 10.1. The van der Waals surface area contributed by atoms with E-state index in [-0.39, 0.29) is 5.75 Å². The maximum atomic E-state index is 12.5. The summed E-state index contributed by atoms with van der Waals surface area (Å²) in [7, 11) is 0. The molecule has 0 radical (unpaired) electrons. The van der Waals surface area contributed by atoms with Crippen LogP contribution in [0, 0.1) is 0 Å². The van der Waals surface area contributed by atoms with Gasteiger partial charge in [-0.2, -0.15) is 0 Å². The average molecular weight is 287 g/mol. The fourth-order valence-corrected chi connectivity index (χ4v) is 3.71. The lowest BCUT2D eigenvalue weighted by Crippen LogP contribution is -2.17. The van der Waals surface area contributed by atoms with Crippen molar-refractivity contribution in [3.05, 3.63) is 28.6 Å². The van der Waals surface area contributed by atoms with Crippen LogP contribution in [0.2, 0.25) is 0 Å². The zero-order chi connectivity index (χ0) is 13.5. The van der Waals surface area contributed by atoms with E-state index in [1.807, 2.05) is 6.07 Å². The van der Waals surface area contributed by atoms with Crippen molar-refractivity contribution in [3.63, 3.8) is 0 Å². The van der Waals surface area contributed by atoms with Crippen LogP contribution in [0.1, 0.15) is 10.4 Å². The highest BCUT2D eigenvalue weighted by Crippen LogP contribution is 2.40. The molecule has 0 fully saturated rings. The summed E-state index contributed by atoms with van der Waals surface area (Å²) in [6.07, 6.45) is -3.04. The highest BCUT2D eigenvalue weighted by atomic mass is 32.1. The summed E-state index contributed by atoms with van der Waals surface area (Å²) >= 11 is 1.57. The molecule has 0 bridgehead atoms. The lowest BCUT2D eigenvalue weighted by Gasteiger charge is -2.11. The predicted molar refractivity (Wildman–Crippen MR) is 68.8 cm³/mol. The predicted octanol–water partition coefficient (Wildman–Crippen LogP) is 3.49. The summed E-state index contributed by atoms with van der Waals surface area (Å²) < 4.78 is 42.4. The Morgan fingerprint density at radius 3 is 2.74 bits per heavy atom. The van der Waals surface area contributed by atoms with E-state index in [9.17, 15) is 13.2 Å². The van der Waals surface area contributed by atoms with Gasteiger partial charge < -0.3 is 10.1 Å². The minimum Gasteiger partial charge on any atom is -0.405 e. The minimum absolute atomic E-state index is 0.0793. The van der Waals surface area contributed by atoms with Gasteiger partial charge in [0.2, 0.25) is 0 Å². The minimum atomic E-state index is -4.65. The molecule has 0 aliphatic carbocycles. The van der Waals surface area contributed by atoms with E-state index in [0.717, 1.165) is 36.2 Å².